The highest BCUT2D eigenvalue weighted by Crippen LogP contribution is 2.40. The Hall–Kier alpha value is -2.68. The molecule has 174 valence electrons. The van der Waals surface area contributed by atoms with Crippen LogP contribution in [-0.4, -0.2) is 42.5 Å². The number of phenols is 1. The van der Waals surface area contributed by atoms with Gasteiger partial charge in [0.15, 0.2) is 11.5 Å². The summed E-state index contributed by atoms with van der Waals surface area (Å²) in [6, 6.07) is 9.74. The minimum absolute atomic E-state index is 0.0695. The molecule has 0 aromatic heterocycles. The van der Waals surface area contributed by atoms with Crippen molar-refractivity contribution in [3.63, 3.8) is 0 Å². The van der Waals surface area contributed by atoms with Gasteiger partial charge in [-0.15, -0.1) is 0 Å². The Morgan fingerprint density at radius 1 is 1.06 bits per heavy atom. The zero-order valence-electron chi connectivity index (χ0n) is 18.8. The zero-order valence-corrected chi connectivity index (χ0v) is 19.8. The normalized spacial score (nSPS) is 15.0. The lowest BCUT2D eigenvalue weighted by Gasteiger charge is -2.28. The van der Waals surface area contributed by atoms with Crippen molar-refractivity contribution in [2.75, 3.05) is 6.54 Å². The molecular formula is C23H28F3NO4Si. The van der Waals surface area contributed by atoms with Gasteiger partial charge in [-0.25, -0.2) is 0 Å². The van der Waals surface area contributed by atoms with Crippen LogP contribution < -0.4 is 14.7 Å². The zero-order chi connectivity index (χ0) is 23.9. The van der Waals surface area contributed by atoms with E-state index in [0.29, 0.717) is 17.1 Å². The fourth-order valence-electron chi connectivity index (χ4n) is 3.70. The van der Waals surface area contributed by atoms with Gasteiger partial charge in [0.05, 0.1) is 8.07 Å². The van der Waals surface area contributed by atoms with Crippen molar-refractivity contribution in [3.8, 4) is 17.2 Å². The number of alkyl halides is 3. The largest absolute Gasteiger partial charge is 0.508 e. The van der Waals surface area contributed by atoms with E-state index in [2.05, 4.69) is 19.6 Å². The summed E-state index contributed by atoms with van der Waals surface area (Å²) in [6.45, 7) is 9.49. The lowest BCUT2D eigenvalue weighted by atomic mass is 10.1. The van der Waals surface area contributed by atoms with Gasteiger partial charge in [-0.3, -0.25) is 4.79 Å². The maximum absolute atomic E-state index is 13.4. The van der Waals surface area contributed by atoms with E-state index in [0.717, 1.165) is 15.7 Å². The summed E-state index contributed by atoms with van der Waals surface area (Å²) in [7, 11) is -1.99. The molecule has 0 unspecified atom stereocenters. The molecule has 0 saturated carbocycles. The van der Waals surface area contributed by atoms with Gasteiger partial charge in [-0.2, -0.15) is 13.2 Å². The molecule has 0 atom stereocenters. The fourth-order valence-corrected chi connectivity index (χ4v) is 5.38. The number of aromatic hydroxyl groups is 1. The number of amides is 1. The van der Waals surface area contributed by atoms with Crippen LogP contribution in [0.1, 0.15) is 25.0 Å². The second kappa shape index (κ2) is 8.35. The third-order valence-corrected chi connectivity index (χ3v) is 7.27. The van der Waals surface area contributed by atoms with Crippen LogP contribution in [0.3, 0.4) is 0 Å². The van der Waals surface area contributed by atoms with E-state index in [1.807, 2.05) is 6.07 Å². The highest BCUT2D eigenvalue weighted by Gasteiger charge is 2.43. The van der Waals surface area contributed by atoms with Crippen molar-refractivity contribution in [3.05, 3.63) is 47.5 Å². The van der Waals surface area contributed by atoms with Gasteiger partial charge < -0.3 is 19.5 Å². The monoisotopic (exact) mass is 467 g/mol. The quantitative estimate of drug-likeness (QED) is 0.632. The number of phenolic OH excluding ortho intramolecular Hbond substituents is 1. The van der Waals surface area contributed by atoms with E-state index in [1.54, 1.807) is 32.0 Å². The van der Waals surface area contributed by atoms with Crippen molar-refractivity contribution in [1.82, 2.24) is 4.90 Å². The second-order valence-electron chi connectivity index (χ2n) is 9.45. The van der Waals surface area contributed by atoms with Crippen LogP contribution in [0.2, 0.25) is 19.6 Å². The van der Waals surface area contributed by atoms with E-state index < -0.39 is 25.9 Å². The Morgan fingerprint density at radius 3 is 2.16 bits per heavy atom. The summed E-state index contributed by atoms with van der Waals surface area (Å²) in [5.41, 5.74) is 1.35. The summed E-state index contributed by atoms with van der Waals surface area (Å²) in [6.07, 6.45) is -4.76. The molecule has 0 spiro atoms. The van der Waals surface area contributed by atoms with E-state index in [-0.39, 0.29) is 25.3 Å². The first-order valence-corrected chi connectivity index (χ1v) is 13.9. The molecule has 1 aliphatic rings. The SMILES string of the molecule is CC1(C)Oc2cc(CN(CCc3ccc(O)cc3)C(=O)C(F)(F)F)c([Si](C)(C)C)cc2O1. The number of halogens is 3. The van der Waals surface area contributed by atoms with E-state index in [4.69, 9.17) is 9.47 Å². The molecular weight excluding hydrogens is 439 g/mol. The van der Waals surface area contributed by atoms with E-state index in [9.17, 15) is 23.1 Å². The number of fused-ring (bicyclic) bond motifs is 1. The maximum Gasteiger partial charge on any atom is 0.471 e. The van der Waals surface area contributed by atoms with Gasteiger partial charge in [0.1, 0.15) is 5.75 Å². The lowest BCUT2D eigenvalue weighted by Crippen LogP contribution is -2.45. The molecule has 3 rings (SSSR count). The number of ether oxygens (including phenoxy) is 2. The topological polar surface area (TPSA) is 59.0 Å². The molecule has 32 heavy (non-hydrogen) atoms. The molecule has 1 aliphatic heterocycles. The molecule has 0 aliphatic carbocycles. The minimum atomic E-state index is -4.98. The predicted octanol–water partition coefficient (Wildman–Crippen LogP) is 4.58. The molecule has 5 nitrogen and oxygen atoms in total. The summed E-state index contributed by atoms with van der Waals surface area (Å²) in [5, 5.41) is 10.3. The highest BCUT2D eigenvalue weighted by atomic mass is 28.3. The molecule has 1 amide bonds. The Bertz CT molecular complexity index is 998. The van der Waals surface area contributed by atoms with Gasteiger partial charge in [-0.05, 0) is 41.8 Å². The van der Waals surface area contributed by atoms with Gasteiger partial charge in [0, 0.05) is 26.9 Å². The predicted molar refractivity (Wildman–Crippen MR) is 118 cm³/mol. The first kappa shape index (κ1) is 24.0. The lowest BCUT2D eigenvalue weighted by molar-refractivity contribution is -0.186. The molecule has 1 N–H and O–H groups in total. The third-order valence-electron chi connectivity index (χ3n) is 5.19. The Kier molecular flexibility index (Phi) is 6.25. The fraction of sp³-hybridized carbons (Fsp3) is 0.435. The number of hydrogen-bond donors (Lipinski definition) is 1. The van der Waals surface area contributed by atoms with Crippen LogP contribution in [0.4, 0.5) is 13.2 Å². The van der Waals surface area contributed by atoms with Crippen LogP contribution in [0.15, 0.2) is 36.4 Å². The highest BCUT2D eigenvalue weighted by molar-refractivity contribution is 6.89. The van der Waals surface area contributed by atoms with Crippen LogP contribution in [-0.2, 0) is 17.8 Å². The Balaban J connectivity index is 1.94. The molecule has 0 saturated heterocycles. The first-order valence-electron chi connectivity index (χ1n) is 10.4. The number of benzene rings is 2. The average molecular weight is 468 g/mol. The molecule has 0 fully saturated rings. The molecule has 1 heterocycles. The first-order chi connectivity index (χ1) is 14.7. The number of carbonyl (C=O) groups excluding carboxylic acids is 1. The van der Waals surface area contributed by atoms with Crippen LogP contribution in [0.5, 0.6) is 17.2 Å². The van der Waals surface area contributed by atoms with Gasteiger partial charge >= 0.3 is 12.1 Å². The van der Waals surface area contributed by atoms with Crippen molar-refractivity contribution in [2.24, 2.45) is 0 Å². The van der Waals surface area contributed by atoms with E-state index >= 15 is 0 Å². The molecule has 9 heteroatoms. The van der Waals surface area contributed by atoms with Crippen molar-refractivity contribution in [2.45, 2.75) is 58.4 Å². The number of carbonyl (C=O) groups is 1. The maximum atomic E-state index is 13.4. The standard InChI is InChI=1S/C23H28F3NO4Si/c1-22(2)30-18-12-16(20(32(3,4)5)13-19(18)31-22)14-27(21(29)23(24,25)26)11-10-15-6-8-17(28)9-7-15/h6-9,12-13,28H,10-11,14H2,1-5H3. The number of nitrogens with zero attached hydrogens (tertiary/aromatic N) is 1. The van der Waals surface area contributed by atoms with Gasteiger partial charge in [0.25, 0.3) is 0 Å². The van der Waals surface area contributed by atoms with Crippen LogP contribution in [0, 0.1) is 0 Å². The number of rotatable bonds is 6. The number of hydrogen-bond acceptors (Lipinski definition) is 4. The van der Waals surface area contributed by atoms with Gasteiger partial charge in [-0.1, -0.05) is 37.0 Å². The molecule has 0 bridgehead atoms. The second-order valence-corrected chi connectivity index (χ2v) is 14.5. The summed E-state index contributed by atoms with van der Waals surface area (Å²) in [4.78, 5) is 13.1. The Morgan fingerprint density at radius 2 is 1.62 bits per heavy atom. The molecule has 0 radical (unpaired) electrons. The average Bonchev–Trinajstić information content (AvgIpc) is 2.96. The van der Waals surface area contributed by atoms with Crippen molar-refractivity contribution >= 4 is 19.2 Å². The summed E-state index contributed by atoms with van der Waals surface area (Å²) in [5.74, 6) is -1.65. The summed E-state index contributed by atoms with van der Waals surface area (Å²) < 4.78 is 51.8. The summed E-state index contributed by atoms with van der Waals surface area (Å²) >= 11 is 0. The minimum Gasteiger partial charge on any atom is -0.508 e. The third kappa shape index (κ3) is 5.56. The van der Waals surface area contributed by atoms with Crippen LogP contribution in [0.25, 0.3) is 0 Å². The van der Waals surface area contributed by atoms with Crippen molar-refractivity contribution < 1.29 is 32.5 Å². The van der Waals surface area contributed by atoms with Crippen molar-refractivity contribution in [1.29, 1.82) is 0 Å². The van der Waals surface area contributed by atoms with Gasteiger partial charge in [0.2, 0.25) is 5.79 Å². The van der Waals surface area contributed by atoms with E-state index in [1.165, 1.54) is 12.1 Å². The van der Waals surface area contributed by atoms with Crippen LogP contribution >= 0.6 is 0 Å². The Labute approximate surface area is 186 Å². The molecule has 2 aromatic rings. The smallest absolute Gasteiger partial charge is 0.471 e. The molecule has 2 aromatic carbocycles.